The summed E-state index contributed by atoms with van der Waals surface area (Å²) >= 11 is 0. The Morgan fingerprint density at radius 2 is 1.80 bits per heavy atom. The van der Waals surface area contributed by atoms with Crippen LogP contribution in [0.5, 0.6) is 0 Å². The van der Waals surface area contributed by atoms with E-state index in [0.29, 0.717) is 5.69 Å². The van der Waals surface area contributed by atoms with Crippen LogP contribution in [-0.2, 0) is 4.57 Å². The summed E-state index contributed by atoms with van der Waals surface area (Å²) in [6.07, 6.45) is 0. The summed E-state index contributed by atoms with van der Waals surface area (Å²) in [5, 5.41) is 0.851. The van der Waals surface area contributed by atoms with E-state index in [1.54, 1.807) is 30.9 Å². The number of hydrogen-bond acceptors (Lipinski definition) is 2. The number of anilines is 1. The maximum Gasteiger partial charge on any atom is 0.101 e. The van der Waals surface area contributed by atoms with Gasteiger partial charge in [-0.1, -0.05) is 0 Å². The summed E-state index contributed by atoms with van der Waals surface area (Å²) in [4.78, 5) is 0. The van der Waals surface area contributed by atoms with Gasteiger partial charge in [0.25, 0.3) is 0 Å². The SMILES string of the molecule is C[P](=O)c1ccc(N)cc1. The normalized spacial score (nSPS) is 11.1. The number of benzene rings is 1. The van der Waals surface area contributed by atoms with Crippen molar-refractivity contribution in [3.8, 4) is 0 Å². The van der Waals surface area contributed by atoms with Crippen molar-refractivity contribution in [2.24, 2.45) is 0 Å². The lowest BCUT2D eigenvalue weighted by Crippen LogP contribution is -1.94. The van der Waals surface area contributed by atoms with Gasteiger partial charge in [0.05, 0.1) is 0 Å². The molecular weight excluding hydrogens is 145 g/mol. The molecule has 0 spiro atoms. The van der Waals surface area contributed by atoms with E-state index < -0.39 is 7.80 Å². The van der Waals surface area contributed by atoms with Crippen LogP contribution in [0.4, 0.5) is 5.69 Å². The van der Waals surface area contributed by atoms with E-state index in [0.717, 1.165) is 5.30 Å². The highest BCUT2D eigenvalue weighted by atomic mass is 31.1. The first-order chi connectivity index (χ1) is 4.70. The lowest BCUT2D eigenvalue weighted by molar-refractivity contribution is 0.596. The van der Waals surface area contributed by atoms with E-state index in [1.165, 1.54) is 0 Å². The van der Waals surface area contributed by atoms with Gasteiger partial charge in [-0.15, -0.1) is 0 Å². The molecule has 1 rings (SSSR count). The lowest BCUT2D eigenvalue weighted by Gasteiger charge is -1.94. The molecule has 2 nitrogen and oxygen atoms in total. The van der Waals surface area contributed by atoms with Gasteiger partial charge in [0.2, 0.25) is 0 Å². The van der Waals surface area contributed by atoms with E-state index in [4.69, 9.17) is 5.73 Å². The highest BCUT2D eigenvalue weighted by Crippen LogP contribution is 2.13. The van der Waals surface area contributed by atoms with Crippen molar-refractivity contribution >= 4 is 18.8 Å². The first-order valence-corrected chi connectivity index (χ1v) is 4.67. The van der Waals surface area contributed by atoms with E-state index >= 15 is 0 Å². The standard InChI is InChI=1S/C7H9NOP/c1-10(9)7-4-2-6(8)3-5-7/h2-5H,8H2,1H3. The summed E-state index contributed by atoms with van der Waals surface area (Å²) in [5.74, 6) is 0. The lowest BCUT2D eigenvalue weighted by atomic mass is 10.3. The molecule has 0 saturated heterocycles. The molecule has 0 aromatic heterocycles. The summed E-state index contributed by atoms with van der Waals surface area (Å²) in [6, 6.07) is 7.08. The first kappa shape index (κ1) is 7.23. The zero-order chi connectivity index (χ0) is 7.56. The molecule has 1 radical (unpaired) electrons. The van der Waals surface area contributed by atoms with Crippen LogP contribution >= 0.6 is 7.80 Å². The largest absolute Gasteiger partial charge is 0.399 e. The summed E-state index contributed by atoms with van der Waals surface area (Å²) < 4.78 is 10.9. The molecule has 2 N–H and O–H groups in total. The molecule has 1 atom stereocenters. The predicted octanol–water partition coefficient (Wildman–Crippen LogP) is 1.35. The van der Waals surface area contributed by atoms with E-state index in [-0.39, 0.29) is 0 Å². The maximum absolute atomic E-state index is 10.9. The molecule has 0 heterocycles. The highest BCUT2D eigenvalue weighted by Gasteiger charge is 1.94. The molecule has 10 heavy (non-hydrogen) atoms. The van der Waals surface area contributed by atoms with Gasteiger partial charge in [0, 0.05) is 17.7 Å². The molecule has 1 aromatic rings. The number of nitrogen functional groups attached to an aromatic ring is 1. The number of nitrogens with two attached hydrogens (primary N) is 1. The monoisotopic (exact) mass is 154 g/mol. The zero-order valence-electron chi connectivity index (χ0n) is 5.74. The van der Waals surface area contributed by atoms with Gasteiger partial charge >= 0.3 is 0 Å². The minimum Gasteiger partial charge on any atom is -0.399 e. The second-order valence-corrected chi connectivity index (χ2v) is 3.60. The van der Waals surface area contributed by atoms with Crippen molar-refractivity contribution < 1.29 is 4.57 Å². The van der Waals surface area contributed by atoms with Crippen LogP contribution < -0.4 is 11.0 Å². The molecule has 1 aromatic carbocycles. The number of rotatable bonds is 1. The van der Waals surface area contributed by atoms with Crippen LogP contribution in [0.25, 0.3) is 0 Å². The predicted molar refractivity (Wildman–Crippen MR) is 44.0 cm³/mol. The molecule has 53 valence electrons. The molecule has 0 fully saturated rings. The van der Waals surface area contributed by atoms with Gasteiger partial charge < -0.3 is 5.73 Å². The third kappa shape index (κ3) is 1.55. The van der Waals surface area contributed by atoms with Crippen molar-refractivity contribution in [3.63, 3.8) is 0 Å². The zero-order valence-corrected chi connectivity index (χ0v) is 6.64. The van der Waals surface area contributed by atoms with E-state index in [9.17, 15) is 4.57 Å². The Morgan fingerprint density at radius 3 is 2.20 bits per heavy atom. The summed E-state index contributed by atoms with van der Waals surface area (Å²) in [5.41, 5.74) is 6.14. The Labute approximate surface area is 60.8 Å². The quantitative estimate of drug-likeness (QED) is 0.490. The summed E-state index contributed by atoms with van der Waals surface area (Å²) in [6.45, 7) is 1.68. The molecular formula is C7H9NOP. The molecule has 0 aliphatic rings. The Balaban J connectivity index is 3.00. The van der Waals surface area contributed by atoms with E-state index in [2.05, 4.69) is 0 Å². The fourth-order valence-corrected chi connectivity index (χ4v) is 1.25. The van der Waals surface area contributed by atoms with Crippen LogP contribution in [0.3, 0.4) is 0 Å². The van der Waals surface area contributed by atoms with Crippen LogP contribution in [-0.4, -0.2) is 6.66 Å². The van der Waals surface area contributed by atoms with Gasteiger partial charge in [-0.3, -0.25) is 4.57 Å². The molecule has 0 saturated carbocycles. The average molecular weight is 154 g/mol. The van der Waals surface area contributed by atoms with Crippen molar-refractivity contribution in [1.82, 2.24) is 0 Å². The Hall–Kier alpha value is -0.880. The molecule has 1 unspecified atom stereocenters. The van der Waals surface area contributed by atoms with Gasteiger partial charge in [-0.2, -0.15) is 0 Å². The fraction of sp³-hybridized carbons (Fsp3) is 0.143. The molecule has 3 heteroatoms. The smallest absolute Gasteiger partial charge is 0.101 e. The molecule has 0 amide bonds. The van der Waals surface area contributed by atoms with Crippen molar-refractivity contribution in [1.29, 1.82) is 0 Å². The fourth-order valence-electron chi connectivity index (χ4n) is 0.684. The summed E-state index contributed by atoms with van der Waals surface area (Å²) in [7, 11) is -1.21. The van der Waals surface area contributed by atoms with Crippen molar-refractivity contribution in [3.05, 3.63) is 24.3 Å². The topological polar surface area (TPSA) is 43.1 Å². The highest BCUT2D eigenvalue weighted by molar-refractivity contribution is 7.52. The number of hydrogen-bond donors (Lipinski definition) is 1. The van der Waals surface area contributed by atoms with Gasteiger partial charge in [-0.25, -0.2) is 0 Å². The van der Waals surface area contributed by atoms with E-state index in [1.807, 2.05) is 0 Å². The van der Waals surface area contributed by atoms with Crippen LogP contribution in [0.15, 0.2) is 24.3 Å². The minimum absolute atomic E-state index is 0.709. The Kier molecular flexibility index (Phi) is 2.03. The van der Waals surface area contributed by atoms with Crippen LogP contribution in [0.1, 0.15) is 0 Å². The van der Waals surface area contributed by atoms with Crippen LogP contribution in [0.2, 0.25) is 0 Å². The average Bonchev–Trinajstić information content (AvgIpc) is 1.88. The van der Waals surface area contributed by atoms with Gasteiger partial charge in [0.15, 0.2) is 0 Å². The van der Waals surface area contributed by atoms with Crippen LogP contribution in [0, 0.1) is 0 Å². The van der Waals surface area contributed by atoms with Crippen molar-refractivity contribution in [2.75, 3.05) is 12.4 Å². The molecule has 0 aliphatic carbocycles. The van der Waals surface area contributed by atoms with Gasteiger partial charge in [0.1, 0.15) is 7.80 Å². The minimum atomic E-state index is -1.21. The second-order valence-electron chi connectivity index (χ2n) is 2.09. The third-order valence-electron chi connectivity index (χ3n) is 1.26. The second kappa shape index (κ2) is 2.80. The van der Waals surface area contributed by atoms with Crippen molar-refractivity contribution in [2.45, 2.75) is 0 Å². The maximum atomic E-state index is 10.9. The van der Waals surface area contributed by atoms with Gasteiger partial charge in [-0.05, 0) is 24.3 Å². The molecule has 0 aliphatic heterocycles. The first-order valence-electron chi connectivity index (χ1n) is 2.96. The molecule has 0 bridgehead atoms. The third-order valence-corrected chi connectivity index (χ3v) is 2.28. The Morgan fingerprint density at radius 1 is 1.30 bits per heavy atom. The Bertz CT molecular complexity index is 242.